The van der Waals surface area contributed by atoms with Gasteiger partial charge in [-0.2, -0.15) is 0 Å². The predicted molar refractivity (Wildman–Crippen MR) is 115 cm³/mol. The van der Waals surface area contributed by atoms with Crippen molar-refractivity contribution in [3.8, 4) is 0 Å². The summed E-state index contributed by atoms with van der Waals surface area (Å²) >= 11 is 12.6. The third-order valence-corrected chi connectivity index (χ3v) is 7.48. The molecule has 2 aromatic rings. The Kier molecular flexibility index (Phi) is 5.25. The molecule has 0 unspecified atom stereocenters. The maximum Gasteiger partial charge on any atom is 0.262 e. The maximum absolute atomic E-state index is 16.2. The van der Waals surface area contributed by atoms with E-state index in [9.17, 15) is 4.79 Å². The lowest BCUT2D eigenvalue weighted by Crippen LogP contribution is -2.51. The van der Waals surface area contributed by atoms with Gasteiger partial charge < -0.3 is 14.8 Å². The number of nitrogens with one attached hydrogen (secondary N) is 1. The molecular weight excluding hydrogens is 442 g/mol. The molecule has 2 aliphatic heterocycles. The van der Waals surface area contributed by atoms with Gasteiger partial charge in [-0.15, -0.1) is 0 Å². The molecule has 2 fully saturated rings. The summed E-state index contributed by atoms with van der Waals surface area (Å²) in [5.74, 6) is -0.645. The summed E-state index contributed by atoms with van der Waals surface area (Å²) in [6.45, 7) is 1.87. The van der Waals surface area contributed by atoms with Crippen LogP contribution in [0.3, 0.4) is 0 Å². The molecule has 5 rings (SSSR count). The van der Waals surface area contributed by atoms with Crippen LogP contribution < -0.4 is 5.32 Å². The number of fused-ring (bicyclic) bond motifs is 2. The Morgan fingerprint density at radius 1 is 1.13 bits per heavy atom. The number of alkyl halides is 1. The summed E-state index contributed by atoms with van der Waals surface area (Å²) in [5.41, 5.74) is -1.37. The minimum absolute atomic E-state index is 0.0648. The number of benzene rings is 1. The van der Waals surface area contributed by atoms with Gasteiger partial charge in [0.05, 0.1) is 12.3 Å². The number of hydrogen-bond acceptors (Lipinski definition) is 4. The average Bonchev–Trinajstić information content (AvgIpc) is 3.56. The van der Waals surface area contributed by atoms with Crippen LogP contribution in [0.4, 0.5) is 4.39 Å². The van der Waals surface area contributed by atoms with E-state index in [-0.39, 0.29) is 13.0 Å². The molecule has 1 aromatic carbocycles. The van der Waals surface area contributed by atoms with Crippen LogP contribution in [0.2, 0.25) is 10.0 Å². The predicted octanol–water partition coefficient (Wildman–Crippen LogP) is 4.44. The normalized spacial score (nSPS) is 28.7. The lowest BCUT2D eigenvalue weighted by Gasteiger charge is -2.40. The molecule has 5 nitrogen and oxygen atoms in total. The highest BCUT2D eigenvalue weighted by atomic mass is 35.5. The van der Waals surface area contributed by atoms with Crippen LogP contribution in [-0.2, 0) is 31.0 Å². The molecule has 1 spiro atoms. The van der Waals surface area contributed by atoms with Crippen LogP contribution in [0.1, 0.15) is 42.5 Å². The first-order valence-electron chi connectivity index (χ1n) is 10.5. The summed E-state index contributed by atoms with van der Waals surface area (Å²) in [6, 6.07) is 8.68. The van der Waals surface area contributed by atoms with Gasteiger partial charge in [0.2, 0.25) is 5.67 Å². The number of nitrogens with zero attached hydrogens (tertiary/aromatic N) is 1. The molecule has 164 valence electrons. The van der Waals surface area contributed by atoms with Crippen molar-refractivity contribution in [3.05, 3.63) is 63.4 Å². The first-order valence-corrected chi connectivity index (χ1v) is 11.2. The number of rotatable bonds is 4. The van der Waals surface area contributed by atoms with Crippen LogP contribution in [-0.4, -0.2) is 37.3 Å². The maximum atomic E-state index is 16.2. The van der Waals surface area contributed by atoms with E-state index in [0.717, 1.165) is 5.56 Å². The quantitative estimate of drug-likeness (QED) is 0.679. The van der Waals surface area contributed by atoms with Crippen LogP contribution in [0.25, 0.3) is 0 Å². The SMILES string of the molecule is O=C(NCC1(c2ccc(Cl)cc2Cl)CCOCC1)[C@]1(F)CC[C@@]2(CO2)c2ncccc21. The van der Waals surface area contributed by atoms with E-state index in [4.69, 9.17) is 32.7 Å². The van der Waals surface area contributed by atoms with Gasteiger partial charge in [-0.25, -0.2) is 4.39 Å². The zero-order valence-electron chi connectivity index (χ0n) is 16.9. The van der Waals surface area contributed by atoms with E-state index < -0.39 is 22.6 Å². The van der Waals surface area contributed by atoms with E-state index in [1.807, 2.05) is 6.07 Å². The number of epoxide rings is 1. The lowest BCUT2D eigenvalue weighted by atomic mass is 9.73. The number of amides is 1. The van der Waals surface area contributed by atoms with Crippen molar-refractivity contribution in [2.75, 3.05) is 26.4 Å². The molecule has 0 radical (unpaired) electrons. The summed E-state index contributed by atoms with van der Waals surface area (Å²) in [7, 11) is 0. The number of carbonyl (C=O) groups excluding carboxylic acids is 1. The van der Waals surface area contributed by atoms with Gasteiger partial charge in [0.25, 0.3) is 5.91 Å². The number of pyridine rings is 1. The summed E-state index contributed by atoms with van der Waals surface area (Å²) in [6.07, 6.45) is 3.45. The summed E-state index contributed by atoms with van der Waals surface area (Å²) in [4.78, 5) is 17.6. The van der Waals surface area contributed by atoms with Crippen molar-refractivity contribution in [2.45, 2.75) is 42.4 Å². The molecule has 2 atom stereocenters. The number of carbonyl (C=O) groups is 1. The van der Waals surface area contributed by atoms with Crippen LogP contribution in [0.5, 0.6) is 0 Å². The smallest absolute Gasteiger partial charge is 0.262 e. The minimum atomic E-state index is -2.14. The number of hydrogen-bond donors (Lipinski definition) is 1. The second kappa shape index (κ2) is 7.69. The second-order valence-corrected chi connectivity index (χ2v) is 9.53. The second-order valence-electron chi connectivity index (χ2n) is 8.68. The third kappa shape index (κ3) is 3.54. The Balaban J connectivity index is 1.42. The zero-order chi connectivity index (χ0) is 21.7. The summed E-state index contributed by atoms with van der Waals surface area (Å²) in [5, 5.41) is 3.99. The topological polar surface area (TPSA) is 63.8 Å². The molecule has 3 aliphatic rings. The van der Waals surface area contributed by atoms with Crippen molar-refractivity contribution in [1.29, 1.82) is 0 Å². The molecule has 8 heteroatoms. The number of ether oxygens (including phenoxy) is 2. The molecule has 3 heterocycles. The molecule has 2 saturated heterocycles. The van der Waals surface area contributed by atoms with Crippen LogP contribution in [0.15, 0.2) is 36.5 Å². The van der Waals surface area contributed by atoms with Crippen molar-refractivity contribution in [1.82, 2.24) is 10.3 Å². The Labute approximate surface area is 190 Å². The third-order valence-electron chi connectivity index (χ3n) is 6.93. The van der Waals surface area contributed by atoms with E-state index in [1.54, 1.807) is 30.5 Å². The van der Waals surface area contributed by atoms with Crippen LogP contribution >= 0.6 is 23.2 Å². The molecule has 1 N–H and O–H groups in total. The van der Waals surface area contributed by atoms with Gasteiger partial charge in [0.1, 0.15) is 5.60 Å². The zero-order valence-corrected chi connectivity index (χ0v) is 18.4. The van der Waals surface area contributed by atoms with Gasteiger partial charge in [-0.05, 0) is 49.4 Å². The molecule has 1 aliphatic carbocycles. The van der Waals surface area contributed by atoms with Gasteiger partial charge in [0, 0.05) is 47.0 Å². The Morgan fingerprint density at radius 2 is 1.90 bits per heavy atom. The van der Waals surface area contributed by atoms with Gasteiger partial charge in [0.15, 0.2) is 0 Å². The standard InChI is InChI=1S/C23H23Cl2FN2O3/c24-15-3-4-16(18(25)12-15)21(7-10-30-11-8-21)13-28-20(29)23(26)6-5-22(14-31-22)19-17(23)2-1-9-27-19/h1-4,9,12H,5-8,10-11,13-14H2,(H,28,29)/t22-,23+/m1/s1. The van der Waals surface area contributed by atoms with E-state index >= 15 is 4.39 Å². The first kappa shape index (κ1) is 21.1. The molecule has 1 aromatic heterocycles. The summed E-state index contributed by atoms with van der Waals surface area (Å²) < 4.78 is 27.3. The number of halogens is 3. The number of aromatic nitrogens is 1. The fraction of sp³-hybridized carbons (Fsp3) is 0.478. The molecule has 31 heavy (non-hydrogen) atoms. The van der Waals surface area contributed by atoms with Crippen LogP contribution in [0, 0.1) is 0 Å². The molecule has 0 saturated carbocycles. The molecular formula is C23H23Cl2FN2O3. The van der Waals surface area contributed by atoms with Gasteiger partial charge >= 0.3 is 0 Å². The lowest BCUT2D eigenvalue weighted by molar-refractivity contribution is -0.135. The monoisotopic (exact) mass is 464 g/mol. The Bertz CT molecular complexity index is 1020. The fourth-order valence-electron chi connectivity index (χ4n) is 4.93. The van der Waals surface area contributed by atoms with Gasteiger partial charge in [-0.3, -0.25) is 9.78 Å². The van der Waals surface area contributed by atoms with Crippen molar-refractivity contribution in [3.63, 3.8) is 0 Å². The van der Waals surface area contributed by atoms with Crippen molar-refractivity contribution in [2.24, 2.45) is 0 Å². The largest absolute Gasteiger partial charge is 0.381 e. The van der Waals surface area contributed by atoms with Crippen molar-refractivity contribution >= 4 is 29.1 Å². The minimum Gasteiger partial charge on any atom is -0.381 e. The van der Waals surface area contributed by atoms with E-state index in [0.29, 0.717) is 60.4 Å². The highest BCUT2D eigenvalue weighted by molar-refractivity contribution is 6.35. The Morgan fingerprint density at radius 3 is 2.61 bits per heavy atom. The first-order chi connectivity index (χ1) is 14.9. The fourth-order valence-corrected chi connectivity index (χ4v) is 5.54. The van der Waals surface area contributed by atoms with Gasteiger partial charge in [-0.1, -0.05) is 35.3 Å². The van der Waals surface area contributed by atoms with E-state index in [1.165, 1.54) is 0 Å². The molecule has 0 bridgehead atoms. The highest BCUT2D eigenvalue weighted by Crippen LogP contribution is 2.53. The Hall–Kier alpha value is -1.73. The highest BCUT2D eigenvalue weighted by Gasteiger charge is 2.59. The van der Waals surface area contributed by atoms with E-state index in [2.05, 4.69) is 10.3 Å². The molecule has 1 amide bonds. The van der Waals surface area contributed by atoms with Crippen molar-refractivity contribution < 1.29 is 18.7 Å². The average molecular weight is 465 g/mol.